The average Bonchev–Trinajstić information content (AvgIpc) is 3.12. The van der Waals surface area contributed by atoms with E-state index in [2.05, 4.69) is 46.5 Å². The van der Waals surface area contributed by atoms with E-state index in [-0.39, 0.29) is 0 Å². The van der Waals surface area contributed by atoms with Crippen molar-refractivity contribution < 1.29 is 4.42 Å². The molecule has 2 nitrogen and oxygen atoms in total. The van der Waals surface area contributed by atoms with Crippen molar-refractivity contribution in [1.82, 2.24) is 4.98 Å². The molecule has 0 saturated heterocycles. The molecule has 22 heavy (non-hydrogen) atoms. The highest BCUT2D eigenvalue weighted by Crippen LogP contribution is 2.17. The Balaban J connectivity index is 0.000000220. The number of thiazole rings is 1. The van der Waals surface area contributed by atoms with Crippen molar-refractivity contribution in [3.05, 3.63) is 40.7 Å². The maximum atomic E-state index is 5.00. The first-order chi connectivity index (χ1) is 10.4. The molecule has 0 radical (unpaired) electrons. The summed E-state index contributed by atoms with van der Waals surface area (Å²) in [6.45, 7) is 13.6. The molecule has 0 aliphatic rings. The highest BCUT2D eigenvalue weighted by molar-refractivity contribution is 7.09. The van der Waals surface area contributed by atoms with Crippen molar-refractivity contribution in [1.29, 1.82) is 0 Å². The van der Waals surface area contributed by atoms with Gasteiger partial charge in [0.1, 0.15) is 0 Å². The second-order valence-electron chi connectivity index (χ2n) is 6.91. The van der Waals surface area contributed by atoms with Gasteiger partial charge < -0.3 is 4.42 Å². The zero-order valence-electron chi connectivity index (χ0n) is 14.9. The molecule has 2 heterocycles. The molecule has 124 valence electrons. The maximum Gasteiger partial charge on any atom is 0.0934 e. The van der Waals surface area contributed by atoms with E-state index in [4.69, 9.17) is 4.42 Å². The van der Waals surface area contributed by atoms with Crippen LogP contribution >= 0.6 is 11.3 Å². The van der Waals surface area contributed by atoms with Gasteiger partial charge in [0, 0.05) is 18.0 Å². The Bertz CT molecular complexity index is 427. The quantitative estimate of drug-likeness (QED) is 0.643. The molecule has 2 unspecified atom stereocenters. The second kappa shape index (κ2) is 9.83. The molecule has 0 aliphatic heterocycles. The summed E-state index contributed by atoms with van der Waals surface area (Å²) in [6.07, 6.45) is 7.72. The van der Waals surface area contributed by atoms with E-state index >= 15 is 0 Å². The van der Waals surface area contributed by atoms with Crippen LogP contribution in [0.2, 0.25) is 0 Å². The van der Waals surface area contributed by atoms with Crippen LogP contribution in [0.15, 0.2) is 34.6 Å². The van der Waals surface area contributed by atoms with E-state index in [1.807, 2.05) is 23.9 Å². The number of hydrogen-bond donors (Lipinski definition) is 0. The van der Waals surface area contributed by atoms with Gasteiger partial charge in [0.2, 0.25) is 0 Å². The van der Waals surface area contributed by atoms with Crippen LogP contribution in [0.4, 0.5) is 0 Å². The second-order valence-corrected chi connectivity index (χ2v) is 7.89. The number of hydrogen-bond acceptors (Lipinski definition) is 3. The molecule has 0 spiro atoms. The van der Waals surface area contributed by atoms with Gasteiger partial charge in [-0.05, 0) is 41.7 Å². The van der Waals surface area contributed by atoms with Crippen LogP contribution in [-0.4, -0.2) is 4.98 Å². The van der Waals surface area contributed by atoms with Gasteiger partial charge >= 0.3 is 0 Å². The Labute approximate surface area is 140 Å². The summed E-state index contributed by atoms with van der Waals surface area (Å²) in [5, 5.41) is 3.31. The fourth-order valence-electron chi connectivity index (χ4n) is 1.88. The van der Waals surface area contributed by atoms with Crippen LogP contribution in [0.25, 0.3) is 0 Å². The first-order valence-electron chi connectivity index (χ1n) is 8.29. The standard InChI is InChI=1S/C10H16O.C9H15NS/c1-8(2)9(3)6-10-4-5-11-7-10;1-7(2)8(3)6-9-10-4-5-11-9/h4-5,7-9H,6H2,1-3H3;4-5,7-8H,6H2,1-3H3. The lowest BCUT2D eigenvalue weighted by molar-refractivity contribution is 0.415. The summed E-state index contributed by atoms with van der Waals surface area (Å²) >= 11 is 1.76. The molecule has 0 bridgehead atoms. The molecule has 2 aromatic heterocycles. The minimum absolute atomic E-state index is 0.743. The summed E-state index contributed by atoms with van der Waals surface area (Å²) in [5.41, 5.74) is 1.31. The largest absolute Gasteiger partial charge is 0.472 e. The minimum atomic E-state index is 0.743. The molecule has 3 heteroatoms. The summed E-state index contributed by atoms with van der Waals surface area (Å²) in [6, 6.07) is 2.04. The molecular weight excluding hydrogens is 290 g/mol. The van der Waals surface area contributed by atoms with E-state index in [1.165, 1.54) is 10.6 Å². The van der Waals surface area contributed by atoms with Crippen molar-refractivity contribution in [3.8, 4) is 0 Å². The lowest BCUT2D eigenvalue weighted by atomic mass is 9.92. The van der Waals surface area contributed by atoms with Gasteiger partial charge in [-0.25, -0.2) is 4.98 Å². The predicted molar refractivity (Wildman–Crippen MR) is 96.2 cm³/mol. The normalized spacial score (nSPS) is 13.8. The first kappa shape index (κ1) is 19.0. The molecule has 0 fully saturated rings. The van der Waals surface area contributed by atoms with Crippen molar-refractivity contribution in [3.63, 3.8) is 0 Å². The molecule has 0 aliphatic carbocycles. The van der Waals surface area contributed by atoms with E-state index in [0.717, 1.165) is 36.5 Å². The summed E-state index contributed by atoms with van der Waals surface area (Å²) < 4.78 is 5.00. The topological polar surface area (TPSA) is 26.0 Å². The Hall–Kier alpha value is -1.09. The molecule has 0 amide bonds. The molecule has 2 atom stereocenters. The third-order valence-electron chi connectivity index (χ3n) is 4.39. The van der Waals surface area contributed by atoms with Crippen molar-refractivity contribution in [2.24, 2.45) is 23.7 Å². The van der Waals surface area contributed by atoms with Gasteiger partial charge in [-0.1, -0.05) is 41.5 Å². The van der Waals surface area contributed by atoms with Crippen LogP contribution < -0.4 is 0 Å². The molecule has 0 aromatic carbocycles. The SMILES string of the molecule is CC(C)C(C)Cc1ccoc1.CC(C)C(C)Cc1nccs1. The summed E-state index contributed by atoms with van der Waals surface area (Å²) in [5.74, 6) is 3.01. The zero-order chi connectivity index (χ0) is 16.5. The van der Waals surface area contributed by atoms with Gasteiger partial charge in [0.05, 0.1) is 17.5 Å². The average molecular weight is 322 g/mol. The minimum Gasteiger partial charge on any atom is -0.472 e. The number of furan rings is 1. The first-order valence-corrected chi connectivity index (χ1v) is 9.17. The van der Waals surface area contributed by atoms with E-state index in [0.29, 0.717) is 0 Å². The van der Waals surface area contributed by atoms with E-state index in [9.17, 15) is 0 Å². The Morgan fingerprint density at radius 3 is 2.09 bits per heavy atom. The van der Waals surface area contributed by atoms with Crippen LogP contribution in [0.5, 0.6) is 0 Å². The van der Waals surface area contributed by atoms with Crippen molar-refractivity contribution >= 4 is 11.3 Å². The molecular formula is C19H31NOS. The third-order valence-corrected chi connectivity index (χ3v) is 5.20. The van der Waals surface area contributed by atoms with Gasteiger partial charge in [-0.2, -0.15) is 0 Å². The molecule has 0 N–H and O–H groups in total. The van der Waals surface area contributed by atoms with E-state index < -0.39 is 0 Å². The number of rotatable bonds is 6. The predicted octanol–water partition coefficient (Wildman–Crippen LogP) is 6.09. The monoisotopic (exact) mass is 321 g/mol. The smallest absolute Gasteiger partial charge is 0.0934 e. The van der Waals surface area contributed by atoms with Crippen molar-refractivity contribution in [2.45, 2.75) is 54.4 Å². The van der Waals surface area contributed by atoms with Crippen LogP contribution in [0.1, 0.15) is 52.1 Å². The third kappa shape index (κ3) is 7.26. The highest BCUT2D eigenvalue weighted by atomic mass is 32.1. The summed E-state index contributed by atoms with van der Waals surface area (Å²) in [4.78, 5) is 4.26. The van der Waals surface area contributed by atoms with Gasteiger partial charge in [-0.15, -0.1) is 11.3 Å². The number of nitrogens with zero attached hydrogens (tertiary/aromatic N) is 1. The lowest BCUT2D eigenvalue weighted by Crippen LogP contribution is -2.06. The van der Waals surface area contributed by atoms with Crippen LogP contribution in [-0.2, 0) is 12.8 Å². The fourth-order valence-corrected chi connectivity index (χ4v) is 2.64. The Kier molecular flexibility index (Phi) is 8.47. The fraction of sp³-hybridized carbons (Fsp3) is 0.632. The zero-order valence-corrected chi connectivity index (χ0v) is 15.7. The number of aromatic nitrogens is 1. The summed E-state index contributed by atoms with van der Waals surface area (Å²) in [7, 11) is 0. The molecule has 2 rings (SSSR count). The molecule has 2 aromatic rings. The maximum absolute atomic E-state index is 5.00. The molecule has 0 saturated carbocycles. The van der Waals surface area contributed by atoms with Gasteiger partial charge in [0.15, 0.2) is 0 Å². The Morgan fingerprint density at radius 1 is 1.00 bits per heavy atom. The van der Waals surface area contributed by atoms with Crippen LogP contribution in [0, 0.1) is 23.7 Å². The van der Waals surface area contributed by atoms with Gasteiger partial charge in [0.25, 0.3) is 0 Å². The van der Waals surface area contributed by atoms with Crippen molar-refractivity contribution in [2.75, 3.05) is 0 Å². The van der Waals surface area contributed by atoms with Crippen LogP contribution in [0.3, 0.4) is 0 Å². The Morgan fingerprint density at radius 2 is 1.64 bits per heavy atom. The lowest BCUT2D eigenvalue weighted by Gasteiger charge is -2.13. The highest BCUT2D eigenvalue weighted by Gasteiger charge is 2.09. The van der Waals surface area contributed by atoms with E-state index in [1.54, 1.807) is 17.6 Å². The van der Waals surface area contributed by atoms with Gasteiger partial charge in [-0.3, -0.25) is 0 Å².